The number of carbonyl (C=O) groups is 1. The van der Waals surface area contributed by atoms with E-state index in [0.717, 1.165) is 35.1 Å². The molecule has 11 heteroatoms. The van der Waals surface area contributed by atoms with Gasteiger partial charge in [0.25, 0.3) is 0 Å². The molecule has 0 saturated carbocycles. The van der Waals surface area contributed by atoms with Crippen molar-refractivity contribution < 1.29 is 22.7 Å². The van der Waals surface area contributed by atoms with Crippen LogP contribution in [-0.4, -0.2) is 52.2 Å². The Balaban J connectivity index is 1.60. The van der Waals surface area contributed by atoms with Gasteiger partial charge in [-0.15, -0.1) is 10.2 Å². The third-order valence-corrected chi connectivity index (χ3v) is 6.16. The summed E-state index contributed by atoms with van der Waals surface area (Å²) >= 11 is 1.13. The minimum Gasteiger partial charge on any atom is -0.378 e. The van der Waals surface area contributed by atoms with Crippen molar-refractivity contribution in [2.24, 2.45) is 0 Å². The van der Waals surface area contributed by atoms with Crippen molar-refractivity contribution in [2.75, 3.05) is 36.5 Å². The van der Waals surface area contributed by atoms with Gasteiger partial charge in [0.15, 0.2) is 22.6 Å². The van der Waals surface area contributed by atoms with E-state index in [0.29, 0.717) is 37.4 Å². The molecule has 1 atom stereocenters. The number of ether oxygens (including phenoxy) is 1. The van der Waals surface area contributed by atoms with Crippen LogP contribution in [0.3, 0.4) is 0 Å². The summed E-state index contributed by atoms with van der Waals surface area (Å²) in [6.45, 7) is 6.03. The maximum atomic E-state index is 14.0. The van der Waals surface area contributed by atoms with Gasteiger partial charge in [-0.3, -0.25) is 9.36 Å². The number of nitrogens with one attached hydrogen (secondary N) is 1. The Morgan fingerprint density at radius 3 is 2.61 bits per heavy atom. The van der Waals surface area contributed by atoms with Crippen molar-refractivity contribution in [3.8, 4) is 5.69 Å². The Hall–Kier alpha value is -3.05. The number of nitrogens with zero attached hydrogens (tertiary/aromatic N) is 4. The van der Waals surface area contributed by atoms with Crippen molar-refractivity contribution in [3.63, 3.8) is 0 Å². The SMILES string of the molecule is Cc1cccc(-n2c(SC(C)C(=O)Nc3ccc(F)c(F)c3F)nnc2N2CCOCC2)c1. The van der Waals surface area contributed by atoms with Gasteiger partial charge in [0, 0.05) is 13.1 Å². The second-order valence-electron chi connectivity index (χ2n) is 7.53. The Bertz CT molecular complexity index is 1170. The van der Waals surface area contributed by atoms with E-state index in [1.165, 1.54) is 0 Å². The van der Waals surface area contributed by atoms with Crippen molar-refractivity contribution in [1.29, 1.82) is 0 Å². The van der Waals surface area contributed by atoms with Gasteiger partial charge in [0.2, 0.25) is 11.9 Å². The number of benzene rings is 2. The molecular formula is C22H22F3N5O2S. The summed E-state index contributed by atoms with van der Waals surface area (Å²) in [5, 5.41) is 10.7. The molecule has 7 nitrogen and oxygen atoms in total. The number of halogens is 3. The van der Waals surface area contributed by atoms with Gasteiger partial charge < -0.3 is 15.0 Å². The van der Waals surface area contributed by atoms with Crippen LogP contribution in [0, 0.1) is 24.4 Å². The van der Waals surface area contributed by atoms with Crippen LogP contribution in [0.15, 0.2) is 41.6 Å². The maximum Gasteiger partial charge on any atom is 0.237 e. The van der Waals surface area contributed by atoms with Crippen LogP contribution in [-0.2, 0) is 9.53 Å². The summed E-state index contributed by atoms with van der Waals surface area (Å²) in [5.41, 5.74) is 1.45. The molecule has 4 rings (SSSR count). The molecule has 174 valence electrons. The number of hydrogen-bond donors (Lipinski definition) is 1. The predicted octanol–water partition coefficient (Wildman–Crippen LogP) is 3.95. The zero-order valence-corrected chi connectivity index (χ0v) is 18.8. The Morgan fingerprint density at radius 1 is 1.12 bits per heavy atom. The summed E-state index contributed by atoms with van der Waals surface area (Å²) in [6, 6.07) is 9.54. The largest absolute Gasteiger partial charge is 0.378 e. The lowest BCUT2D eigenvalue weighted by Crippen LogP contribution is -2.38. The van der Waals surface area contributed by atoms with E-state index in [1.54, 1.807) is 6.92 Å². The van der Waals surface area contributed by atoms with Crippen LogP contribution in [0.4, 0.5) is 24.8 Å². The quantitative estimate of drug-likeness (QED) is 0.428. The van der Waals surface area contributed by atoms with Crippen molar-refractivity contribution in [2.45, 2.75) is 24.3 Å². The monoisotopic (exact) mass is 477 g/mol. The second-order valence-corrected chi connectivity index (χ2v) is 8.84. The van der Waals surface area contributed by atoms with Gasteiger partial charge in [-0.25, -0.2) is 13.2 Å². The van der Waals surface area contributed by atoms with Gasteiger partial charge >= 0.3 is 0 Å². The Morgan fingerprint density at radius 2 is 1.88 bits per heavy atom. The molecule has 0 bridgehead atoms. The molecular weight excluding hydrogens is 455 g/mol. The second kappa shape index (κ2) is 9.84. The normalized spacial score (nSPS) is 14.9. The predicted molar refractivity (Wildman–Crippen MR) is 119 cm³/mol. The molecule has 1 fully saturated rings. The van der Waals surface area contributed by atoms with E-state index in [-0.39, 0.29) is 0 Å². The van der Waals surface area contributed by atoms with Crippen LogP contribution >= 0.6 is 11.8 Å². The minimum absolute atomic E-state index is 0.430. The molecule has 1 aliphatic rings. The minimum atomic E-state index is -1.64. The lowest BCUT2D eigenvalue weighted by molar-refractivity contribution is -0.115. The van der Waals surface area contributed by atoms with Gasteiger partial charge in [-0.2, -0.15) is 0 Å². The number of thioether (sulfide) groups is 1. The molecule has 1 aromatic heterocycles. The maximum absolute atomic E-state index is 14.0. The van der Waals surface area contributed by atoms with Gasteiger partial charge in [-0.1, -0.05) is 23.9 Å². The fourth-order valence-corrected chi connectivity index (χ4v) is 4.23. The number of carbonyl (C=O) groups excluding carboxylic acids is 1. The van der Waals surface area contributed by atoms with Crippen molar-refractivity contribution in [1.82, 2.24) is 14.8 Å². The summed E-state index contributed by atoms with van der Waals surface area (Å²) in [7, 11) is 0. The summed E-state index contributed by atoms with van der Waals surface area (Å²) in [5.74, 6) is -4.36. The summed E-state index contributed by atoms with van der Waals surface area (Å²) < 4.78 is 47.9. The van der Waals surface area contributed by atoms with Gasteiger partial charge in [0.1, 0.15) is 0 Å². The standard InChI is InChI=1S/C22H22F3N5O2S/c1-13-4-3-5-15(12-13)30-21(29-8-10-32-11-9-29)27-28-22(30)33-14(2)20(31)26-17-7-6-16(23)18(24)19(17)25/h3-7,12,14H,8-11H2,1-2H3,(H,26,31). The molecule has 3 aromatic rings. The van der Waals surface area contributed by atoms with Crippen molar-refractivity contribution in [3.05, 3.63) is 59.4 Å². The molecule has 1 N–H and O–H groups in total. The first-order valence-electron chi connectivity index (χ1n) is 10.3. The first kappa shape index (κ1) is 23.1. The van der Waals surface area contributed by atoms with Crippen LogP contribution in [0.1, 0.15) is 12.5 Å². The molecule has 0 radical (unpaired) electrons. The van der Waals surface area contributed by atoms with Crippen LogP contribution in [0.2, 0.25) is 0 Å². The average Bonchev–Trinajstić information content (AvgIpc) is 3.23. The number of morpholine rings is 1. The van der Waals surface area contributed by atoms with Crippen LogP contribution in [0.25, 0.3) is 5.69 Å². The molecule has 0 aliphatic carbocycles. The molecule has 1 amide bonds. The Labute approximate surface area is 192 Å². The fraction of sp³-hybridized carbons (Fsp3) is 0.318. The van der Waals surface area contributed by atoms with E-state index >= 15 is 0 Å². The molecule has 1 unspecified atom stereocenters. The van der Waals surface area contributed by atoms with Gasteiger partial charge in [0.05, 0.1) is 29.8 Å². The number of aryl methyl sites for hydroxylation is 1. The first-order chi connectivity index (χ1) is 15.8. The van der Waals surface area contributed by atoms with Crippen molar-refractivity contribution >= 4 is 29.3 Å². The highest BCUT2D eigenvalue weighted by Gasteiger charge is 2.26. The molecule has 0 spiro atoms. The molecule has 1 saturated heterocycles. The number of anilines is 2. The highest BCUT2D eigenvalue weighted by atomic mass is 32.2. The number of rotatable bonds is 6. The smallest absolute Gasteiger partial charge is 0.237 e. The summed E-state index contributed by atoms with van der Waals surface area (Å²) in [4.78, 5) is 14.7. The lowest BCUT2D eigenvalue weighted by Gasteiger charge is -2.28. The highest BCUT2D eigenvalue weighted by molar-refractivity contribution is 8.00. The van der Waals surface area contributed by atoms with E-state index in [2.05, 4.69) is 20.4 Å². The molecule has 1 aliphatic heterocycles. The number of amides is 1. The van der Waals surface area contributed by atoms with E-state index < -0.39 is 34.3 Å². The van der Waals surface area contributed by atoms with Gasteiger partial charge in [-0.05, 0) is 43.7 Å². The topological polar surface area (TPSA) is 72.3 Å². The zero-order chi connectivity index (χ0) is 23.5. The molecule has 2 heterocycles. The average molecular weight is 478 g/mol. The first-order valence-corrected chi connectivity index (χ1v) is 11.2. The van der Waals surface area contributed by atoms with E-state index in [1.807, 2.05) is 35.8 Å². The third kappa shape index (κ3) is 4.98. The number of aromatic nitrogens is 3. The Kier molecular flexibility index (Phi) is 6.89. The zero-order valence-electron chi connectivity index (χ0n) is 18.0. The van der Waals surface area contributed by atoms with Crippen LogP contribution in [0.5, 0.6) is 0 Å². The van der Waals surface area contributed by atoms with E-state index in [9.17, 15) is 18.0 Å². The van der Waals surface area contributed by atoms with Crippen LogP contribution < -0.4 is 10.2 Å². The third-order valence-electron chi connectivity index (χ3n) is 5.11. The molecule has 2 aromatic carbocycles. The highest BCUT2D eigenvalue weighted by Crippen LogP contribution is 2.31. The molecule has 33 heavy (non-hydrogen) atoms. The van der Waals surface area contributed by atoms with E-state index in [4.69, 9.17) is 4.74 Å². The lowest BCUT2D eigenvalue weighted by atomic mass is 10.2. The number of hydrogen-bond acceptors (Lipinski definition) is 6. The fourth-order valence-electron chi connectivity index (χ4n) is 3.37. The summed E-state index contributed by atoms with van der Waals surface area (Å²) in [6.07, 6.45) is 0.